The quantitative estimate of drug-likeness (QED) is 0.273. The molecule has 0 rings (SSSR count). The fourth-order valence-corrected chi connectivity index (χ4v) is 1.12. The van der Waals surface area contributed by atoms with Gasteiger partial charge in [0.1, 0.15) is 0 Å². The SMILES string of the molecule is CCCCCC(CCC)=NN. The third-order valence-electron chi connectivity index (χ3n) is 1.79. The molecule has 0 unspecified atom stereocenters. The van der Waals surface area contributed by atoms with Crippen LogP contribution in [0.15, 0.2) is 5.10 Å². The second kappa shape index (κ2) is 7.58. The lowest BCUT2D eigenvalue weighted by atomic mass is 10.1. The van der Waals surface area contributed by atoms with E-state index in [1.807, 2.05) is 0 Å². The molecule has 0 aromatic heterocycles. The van der Waals surface area contributed by atoms with Crippen LogP contribution in [0.25, 0.3) is 0 Å². The van der Waals surface area contributed by atoms with E-state index in [0.29, 0.717) is 0 Å². The molecule has 0 radical (unpaired) electrons. The molecule has 0 aliphatic rings. The van der Waals surface area contributed by atoms with E-state index in [2.05, 4.69) is 18.9 Å². The number of rotatable bonds is 6. The fraction of sp³-hybridized carbons (Fsp3) is 0.889. The zero-order chi connectivity index (χ0) is 8.53. The number of hydrazone groups is 1. The van der Waals surface area contributed by atoms with Crippen LogP contribution in [0.1, 0.15) is 52.4 Å². The molecule has 0 spiro atoms. The Morgan fingerprint density at radius 2 is 1.82 bits per heavy atom. The summed E-state index contributed by atoms with van der Waals surface area (Å²) in [5.74, 6) is 5.23. The Morgan fingerprint density at radius 1 is 1.09 bits per heavy atom. The van der Waals surface area contributed by atoms with Crippen LogP contribution < -0.4 is 5.84 Å². The highest BCUT2D eigenvalue weighted by molar-refractivity contribution is 5.84. The van der Waals surface area contributed by atoms with Gasteiger partial charge in [-0.05, 0) is 19.3 Å². The van der Waals surface area contributed by atoms with Gasteiger partial charge in [-0.2, -0.15) is 5.10 Å². The molecule has 0 bridgehead atoms. The summed E-state index contributed by atoms with van der Waals surface area (Å²) in [6.45, 7) is 4.37. The lowest BCUT2D eigenvalue weighted by molar-refractivity contribution is 0.732. The van der Waals surface area contributed by atoms with Crippen molar-refractivity contribution in [3.05, 3.63) is 0 Å². The number of nitrogens with two attached hydrogens (primary N) is 1. The Morgan fingerprint density at radius 3 is 2.27 bits per heavy atom. The molecule has 2 N–H and O–H groups in total. The van der Waals surface area contributed by atoms with Crippen molar-refractivity contribution in [2.24, 2.45) is 10.9 Å². The molecule has 0 aliphatic heterocycles. The maximum absolute atomic E-state index is 5.23. The van der Waals surface area contributed by atoms with E-state index < -0.39 is 0 Å². The van der Waals surface area contributed by atoms with Crippen LogP contribution in [0.2, 0.25) is 0 Å². The lowest BCUT2D eigenvalue weighted by Gasteiger charge is -2.01. The highest BCUT2D eigenvalue weighted by Gasteiger charge is 1.96. The minimum Gasteiger partial charge on any atom is -0.323 e. The first kappa shape index (κ1) is 10.5. The second-order valence-electron chi connectivity index (χ2n) is 2.90. The minimum absolute atomic E-state index is 1.07. The maximum atomic E-state index is 5.23. The molecule has 0 fully saturated rings. The van der Waals surface area contributed by atoms with Gasteiger partial charge in [-0.15, -0.1) is 0 Å². The Hall–Kier alpha value is -0.530. The highest BCUT2D eigenvalue weighted by atomic mass is 15.1. The molecular weight excluding hydrogens is 136 g/mol. The number of hydrogen-bond donors (Lipinski definition) is 1. The van der Waals surface area contributed by atoms with Crippen LogP contribution in [0.5, 0.6) is 0 Å². The lowest BCUT2D eigenvalue weighted by Crippen LogP contribution is -2.01. The molecule has 0 aliphatic carbocycles. The molecule has 0 atom stereocenters. The molecule has 0 amide bonds. The standard InChI is InChI=1S/C9H20N2/c1-3-5-6-8-9(11-10)7-4-2/h3-8,10H2,1-2H3. The van der Waals surface area contributed by atoms with Gasteiger partial charge in [0.2, 0.25) is 0 Å². The Bertz CT molecular complexity index is 108. The Kier molecular flexibility index (Phi) is 7.21. The second-order valence-corrected chi connectivity index (χ2v) is 2.90. The van der Waals surface area contributed by atoms with E-state index in [1.54, 1.807) is 0 Å². The fourth-order valence-electron chi connectivity index (χ4n) is 1.12. The molecular formula is C9H20N2. The van der Waals surface area contributed by atoms with Gasteiger partial charge in [0, 0.05) is 5.71 Å². The predicted octanol–water partition coefficient (Wildman–Crippen LogP) is 2.68. The van der Waals surface area contributed by atoms with Crippen LogP contribution in [-0.4, -0.2) is 5.71 Å². The maximum Gasteiger partial charge on any atom is 0.0375 e. The van der Waals surface area contributed by atoms with Gasteiger partial charge >= 0.3 is 0 Å². The summed E-state index contributed by atoms with van der Waals surface area (Å²) < 4.78 is 0. The van der Waals surface area contributed by atoms with Gasteiger partial charge < -0.3 is 5.84 Å². The van der Waals surface area contributed by atoms with Gasteiger partial charge in [-0.3, -0.25) is 0 Å². The molecule has 0 aromatic rings. The third-order valence-corrected chi connectivity index (χ3v) is 1.79. The summed E-state index contributed by atoms with van der Waals surface area (Å²) in [5.41, 5.74) is 1.18. The van der Waals surface area contributed by atoms with E-state index >= 15 is 0 Å². The van der Waals surface area contributed by atoms with Gasteiger partial charge in [-0.1, -0.05) is 33.1 Å². The van der Waals surface area contributed by atoms with Crippen LogP contribution in [0, 0.1) is 0 Å². The summed E-state index contributed by atoms with van der Waals surface area (Å²) >= 11 is 0. The first-order valence-electron chi connectivity index (χ1n) is 4.60. The summed E-state index contributed by atoms with van der Waals surface area (Å²) in [6.07, 6.45) is 7.12. The Labute approximate surface area is 69.9 Å². The van der Waals surface area contributed by atoms with Gasteiger partial charge in [-0.25, -0.2) is 0 Å². The van der Waals surface area contributed by atoms with Crippen molar-refractivity contribution in [1.82, 2.24) is 0 Å². The molecule has 0 saturated heterocycles. The number of hydrogen-bond acceptors (Lipinski definition) is 2. The monoisotopic (exact) mass is 156 g/mol. The minimum atomic E-state index is 1.07. The van der Waals surface area contributed by atoms with E-state index in [1.165, 1.54) is 25.0 Å². The number of nitrogens with zero attached hydrogens (tertiary/aromatic N) is 1. The van der Waals surface area contributed by atoms with Crippen molar-refractivity contribution in [1.29, 1.82) is 0 Å². The van der Waals surface area contributed by atoms with E-state index in [0.717, 1.165) is 19.3 Å². The summed E-state index contributed by atoms with van der Waals surface area (Å²) in [7, 11) is 0. The van der Waals surface area contributed by atoms with Crippen molar-refractivity contribution in [3.8, 4) is 0 Å². The van der Waals surface area contributed by atoms with Crippen LogP contribution in [-0.2, 0) is 0 Å². The molecule has 66 valence electrons. The predicted molar refractivity (Wildman–Crippen MR) is 50.7 cm³/mol. The van der Waals surface area contributed by atoms with E-state index in [-0.39, 0.29) is 0 Å². The molecule has 11 heavy (non-hydrogen) atoms. The van der Waals surface area contributed by atoms with Crippen LogP contribution in [0.3, 0.4) is 0 Å². The summed E-state index contributed by atoms with van der Waals surface area (Å²) in [5, 5.41) is 3.77. The smallest absolute Gasteiger partial charge is 0.0375 e. The number of unbranched alkanes of at least 4 members (excludes halogenated alkanes) is 2. The zero-order valence-corrected chi connectivity index (χ0v) is 7.77. The van der Waals surface area contributed by atoms with E-state index in [9.17, 15) is 0 Å². The van der Waals surface area contributed by atoms with Gasteiger partial charge in [0.25, 0.3) is 0 Å². The van der Waals surface area contributed by atoms with Crippen molar-refractivity contribution >= 4 is 5.71 Å². The third kappa shape index (κ3) is 5.89. The average Bonchev–Trinajstić information content (AvgIpc) is 2.03. The van der Waals surface area contributed by atoms with E-state index in [4.69, 9.17) is 5.84 Å². The largest absolute Gasteiger partial charge is 0.323 e. The van der Waals surface area contributed by atoms with Crippen molar-refractivity contribution in [2.75, 3.05) is 0 Å². The van der Waals surface area contributed by atoms with Gasteiger partial charge in [0.05, 0.1) is 0 Å². The van der Waals surface area contributed by atoms with Crippen molar-refractivity contribution in [2.45, 2.75) is 52.4 Å². The Balaban J connectivity index is 3.37. The molecule has 0 saturated carbocycles. The highest BCUT2D eigenvalue weighted by Crippen LogP contribution is 2.04. The van der Waals surface area contributed by atoms with Gasteiger partial charge in [0.15, 0.2) is 0 Å². The molecule has 0 aromatic carbocycles. The molecule has 0 heterocycles. The van der Waals surface area contributed by atoms with Crippen LogP contribution in [0.4, 0.5) is 0 Å². The molecule has 2 nitrogen and oxygen atoms in total. The van der Waals surface area contributed by atoms with Crippen LogP contribution >= 0.6 is 0 Å². The summed E-state index contributed by atoms with van der Waals surface area (Å²) in [4.78, 5) is 0. The zero-order valence-electron chi connectivity index (χ0n) is 7.77. The normalized spacial score (nSPS) is 12.0. The molecule has 2 heteroatoms. The first-order chi connectivity index (χ1) is 5.35. The van der Waals surface area contributed by atoms with Crippen molar-refractivity contribution < 1.29 is 0 Å². The summed E-state index contributed by atoms with van der Waals surface area (Å²) in [6, 6.07) is 0. The van der Waals surface area contributed by atoms with Crippen molar-refractivity contribution in [3.63, 3.8) is 0 Å². The topological polar surface area (TPSA) is 38.4 Å². The average molecular weight is 156 g/mol. The first-order valence-corrected chi connectivity index (χ1v) is 4.60.